The van der Waals surface area contributed by atoms with E-state index in [-0.39, 0.29) is 23.4 Å². The fraction of sp³-hybridized carbons (Fsp3) is 0.478. The van der Waals surface area contributed by atoms with Crippen molar-refractivity contribution in [2.24, 2.45) is 11.8 Å². The summed E-state index contributed by atoms with van der Waals surface area (Å²) in [5.74, 6) is -0.0883. The Kier molecular flexibility index (Phi) is 6.05. The van der Waals surface area contributed by atoms with Crippen molar-refractivity contribution in [3.8, 4) is 6.07 Å². The predicted octanol–water partition coefficient (Wildman–Crippen LogP) is 4.05. The first-order valence-electron chi connectivity index (χ1n) is 10.5. The number of carbonyl (C=O) groups is 1. The van der Waals surface area contributed by atoms with Crippen LogP contribution in [0.25, 0.3) is 0 Å². The number of hydrogen-bond acceptors (Lipinski definition) is 5. The Morgan fingerprint density at radius 2 is 2.00 bits per heavy atom. The number of nitrogens with zero attached hydrogens (tertiary/aromatic N) is 4. The lowest BCUT2D eigenvalue weighted by atomic mass is 9.79. The van der Waals surface area contributed by atoms with Crippen LogP contribution < -0.4 is 0 Å². The zero-order valence-electron chi connectivity index (χ0n) is 17.1. The van der Waals surface area contributed by atoms with Gasteiger partial charge in [0.05, 0.1) is 35.7 Å². The molecule has 1 amide bonds. The molecule has 0 radical (unpaired) electrons. The molecule has 30 heavy (non-hydrogen) atoms. The van der Waals surface area contributed by atoms with Gasteiger partial charge in [-0.1, -0.05) is 0 Å². The molecule has 4 rings (SSSR count). The number of hydroxylamine groups is 2. The molecule has 1 atom stereocenters. The van der Waals surface area contributed by atoms with Crippen LogP contribution in [0.2, 0.25) is 0 Å². The van der Waals surface area contributed by atoms with Crippen molar-refractivity contribution in [1.82, 2.24) is 15.3 Å². The van der Waals surface area contributed by atoms with Gasteiger partial charge in [0.2, 0.25) is 5.91 Å². The molecule has 2 aliphatic rings. The first-order valence-corrected chi connectivity index (χ1v) is 10.5. The summed E-state index contributed by atoms with van der Waals surface area (Å²) in [5.41, 5.74) is 2.78. The second-order valence-corrected chi connectivity index (χ2v) is 8.27. The smallest absolute Gasteiger partial charge is 0.249 e. The number of benzene rings is 1. The van der Waals surface area contributed by atoms with Crippen molar-refractivity contribution in [3.05, 3.63) is 58.7 Å². The molecule has 1 saturated heterocycles. The molecular weight excluding hydrogens is 383 g/mol. The molecule has 0 spiro atoms. The monoisotopic (exact) mass is 408 g/mol. The van der Waals surface area contributed by atoms with Crippen LogP contribution in [0, 0.1) is 35.9 Å². The molecule has 7 heteroatoms. The van der Waals surface area contributed by atoms with Gasteiger partial charge >= 0.3 is 0 Å². The fourth-order valence-electron chi connectivity index (χ4n) is 4.48. The number of carbonyl (C=O) groups excluding carboxylic acids is 1. The van der Waals surface area contributed by atoms with Gasteiger partial charge in [-0.3, -0.25) is 9.63 Å². The van der Waals surface area contributed by atoms with Crippen molar-refractivity contribution < 1.29 is 14.0 Å². The lowest BCUT2D eigenvalue weighted by Crippen LogP contribution is -2.36. The van der Waals surface area contributed by atoms with Crippen molar-refractivity contribution in [3.63, 3.8) is 0 Å². The molecule has 0 N–H and O–H groups in total. The Morgan fingerprint density at radius 1 is 1.20 bits per heavy atom. The zero-order chi connectivity index (χ0) is 21.1. The fourth-order valence-corrected chi connectivity index (χ4v) is 4.48. The largest absolute Gasteiger partial charge is 0.272 e. The van der Waals surface area contributed by atoms with Gasteiger partial charge in [-0.05, 0) is 80.8 Å². The third-order valence-electron chi connectivity index (χ3n) is 6.10. The summed E-state index contributed by atoms with van der Waals surface area (Å²) in [6, 6.07) is 9.86. The highest BCUT2D eigenvalue weighted by Gasteiger charge is 2.37. The Balaban J connectivity index is 1.38. The molecule has 1 saturated carbocycles. The average Bonchev–Trinajstić information content (AvgIpc) is 3.25. The lowest BCUT2D eigenvalue weighted by Gasteiger charge is -2.32. The number of aromatic nitrogens is 2. The van der Waals surface area contributed by atoms with Crippen LogP contribution in [-0.4, -0.2) is 27.8 Å². The summed E-state index contributed by atoms with van der Waals surface area (Å²) in [6.45, 7) is 2.34. The molecule has 1 aromatic carbocycles. The summed E-state index contributed by atoms with van der Waals surface area (Å²) in [5, 5.41) is 18.9. The molecule has 6 nitrogen and oxygen atoms in total. The van der Waals surface area contributed by atoms with Crippen LogP contribution in [0.3, 0.4) is 0 Å². The van der Waals surface area contributed by atoms with Gasteiger partial charge in [0.1, 0.15) is 5.82 Å². The van der Waals surface area contributed by atoms with Crippen molar-refractivity contribution in [2.75, 3.05) is 6.61 Å². The summed E-state index contributed by atoms with van der Waals surface area (Å²) in [4.78, 5) is 18.8. The minimum absolute atomic E-state index is 0.0335. The first-order chi connectivity index (χ1) is 14.5. The summed E-state index contributed by atoms with van der Waals surface area (Å²) >= 11 is 0. The van der Waals surface area contributed by atoms with E-state index in [0.29, 0.717) is 24.5 Å². The van der Waals surface area contributed by atoms with Crippen LogP contribution in [0.5, 0.6) is 0 Å². The molecular formula is C23H25FN4O2. The SMILES string of the molecule is Cc1ccc(C[C@H]2CC[C@H](C(=O)N3OCC[C@H]3c3cc(F)cc(C#N)c3)CC2)nn1. The lowest BCUT2D eigenvalue weighted by molar-refractivity contribution is -0.183. The number of aryl methyl sites for hydroxylation is 1. The highest BCUT2D eigenvalue weighted by atomic mass is 19.1. The van der Waals surface area contributed by atoms with Crippen molar-refractivity contribution >= 4 is 5.91 Å². The van der Waals surface area contributed by atoms with E-state index in [0.717, 1.165) is 43.5 Å². The zero-order valence-corrected chi connectivity index (χ0v) is 17.1. The van der Waals surface area contributed by atoms with Crippen LogP contribution >= 0.6 is 0 Å². The number of nitriles is 1. The Labute approximate surface area is 175 Å². The maximum atomic E-state index is 13.9. The minimum Gasteiger partial charge on any atom is -0.272 e. The van der Waals surface area contributed by atoms with Crippen molar-refractivity contribution in [2.45, 2.75) is 51.5 Å². The molecule has 1 aliphatic heterocycles. The molecule has 1 aliphatic carbocycles. The van der Waals surface area contributed by atoms with Crippen molar-refractivity contribution in [1.29, 1.82) is 5.26 Å². The van der Waals surface area contributed by atoms with Crippen LogP contribution in [0.4, 0.5) is 4.39 Å². The van der Waals surface area contributed by atoms with Crippen LogP contribution in [0.15, 0.2) is 30.3 Å². The second kappa shape index (κ2) is 8.88. The van der Waals surface area contributed by atoms with Crippen LogP contribution in [0.1, 0.15) is 60.7 Å². The van der Waals surface area contributed by atoms with Gasteiger partial charge in [0, 0.05) is 12.3 Å². The third-order valence-corrected chi connectivity index (χ3v) is 6.10. The topological polar surface area (TPSA) is 79.1 Å². The molecule has 0 bridgehead atoms. The second-order valence-electron chi connectivity index (χ2n) is 8.27. The molecule has 0 unspecified atom stereocenters. The average molecular weight is 408 g/mol. The maximum Gasteiger partial charge on any atom is 0.249 e. The number of halogens is 1. The normalized spacial score (nSPS) is 23.9. The van der Waals surface area contributed by atoms with E-state index in [4.69, 9.17) is 10.1 Å². The molecule has 156 valence electrons. The number of amides is 1. The predicted molar refractivity (Wildman–Crippen MR) is 107 cm³/mol. The molecule has 1 aromatic heterocycles. The minimum atomic E-state index is -0.469. The van der Waals surface area contributed by atoms with E-state index in [1.807, 2.05) is 25.1 Å². The summed E-state index contributed by atoms with van der Waals surface area (Å²) in [7, 11) is 0. The van der Waals surface area contributed by atoms with Gasteiger partial charge in [-0.25, -0.2) is 9.45 Å². The Hall–Kier alpha value is -2.85. The van der Waals surface area contributed by atoms with E-state index in [1.54, 1.807) is 6.07 Å². The van der Waals surface area contributed by atoms with Gasteiger partial charge < -0.3 is 0 Å². The Bertz CT molecular complexity index is 949. The standard InChI is InChI=1S/C23H25FN4O2/c1-15-2-7-21(27-26-15)12-16-3-5-18(6-4-16)23(29)28-22(8-9-30-28)19-10-17(14-25)11-20(24)13-19/h2,7,10-11,13,16,18,22H,3-6,8-9,12H2,1H3/t16-,18-,22-/m0/s1. The van der Waals surface area contributed by atoms with E-state index < -0.39 is 5.82 Å². The van der Waals surface area contributed by atoms with E-state index in [1.165, 1.54) is 17.2 Å². The van der Waals surface area contributed by atoms with E-state index in [2.05, 4.69) is 10.2 Å². The molecule has 2 aromatic rings. The van der Waals surface area contributed by atoms with E-state index >= 15 is 0 Å². The summed E-state index contributed by atoms with van der Waals surface area (Å²) in [6.07, 6.45) is 5.02. The highest BCUT2D eigenvalue weighted by molar-refractivity contribution is 5.78. The number of rotatable bonds is 4. The highest BCUT2D eigenvalue weighted by Crippen LogP contribution is 2.37. The number of hydrogen-bond donors (Lipinski definition) is 0. The first kappa shape index (κ1) is 20.4. The Morgan fingerprint density at radius 3 is 2.70 bits per heavy atom. The quantitative estimate of drug-likeness (QED) is 0.763. The van der Waals surface area contributed by atoms with Gasteiger partial charge in [0.25, 0.3) is 0 Å². The van der Waals surface area contributed by atoms with Gasteiger partial charge in [-0.15, -0.1) is 0 Å². The van der Waals surface area contributed by atoms with E-state index in [9.17, 15) is 9.18 Å². The molecule has 2 heterocycles. The van der Waals surface area contributed by atoms with Crippen LogP contribution in [-0.2, 0) is 16.1 Å². The van der Waals surface area contributed by atoms with Gasteiger partial charge in [-0.2, -0.15) is 15.5 Å². The third kappa shape index (κ3) is 4.49. The maximum absolute atomic E-state index is 13.9. The summed E-state index contributed by atoms with van der Waals surface area (Å²) < 4.78 is 13.9. The van der Waals surface area contributed by atoms with Gasteiger partial charge in [0.15, 0.2) is 0 Å². The molecule has 2 fully saturated rings.